The molecule has 0 aliphatic heterocycles. The van der Waals surface area contributed by atoms with Gasteiger partial charge in [-0.25, -0.2) is 0 Å². The number of aromatic nitrogens is 1. The zero-order valence-electron chi connectivity index (χ0n) is 13.7. The second-order valence-corrected chi connectivity index (χ2v) is 5.87. The van der Waals surface area contributed by atoms with Gasteiger partial charge in [-0.05, 0) is 38.7 Å². The van der Waals surface area contributed by atoms with Gasteiger partial charge in [-0.1, -0.05) is 27.7 Å². The molecule has 1 rings (SSSR count). The first-order valence-electron chi connectivity index (χ1n) is 7.59. The van der Waals surface area contributed by atoms with Crippen molar-refractivity contribution >= 4 is 5.69 Å². The number of hydrogen-bond acceptors (Lipinski definition) is 3. The molecule has 1 aromatic rings. The standard InChI is InChI=1S/C17H27N3/c1-7-15(8-2)20(11-12(3)4)17-9-13(5)19-14(6)16(17)10-18/h9,12,15H,7-8,11H2,1-6H3. The number of nitriles is 1. The van der Waals surface area contributed by atoms with E-state index in [1.165, 1.54) is 0 Å². The summed E-state index contributed by atoms with van der Waals surface area (Å²) in [4.78, 5) is 6.84. The van der Waals surface area contributed by atoms with Crippen LogP contribution in [0.4, 0.5) is 5.69 Å². The average molecular weight is 273 g/mol. The van der Waals surface area contributed by atoms with Crippen molar-refractivity contribution in [3.05, 3.63) is 23.0 Å². The lowest BCUT2D eigenvalue weighted by atomic mass is 10.0. The molecule has 0 saturated heterocycles. The van der Waals surface area contributed by atoms with Gasteiger partial charge in [-0.2, -0.15) is 5.26 Å². The molecule has 0 fully saturated rings. The fraction of sp³-hybridized carbons (Fsp3) is 0.647. The van der Waals surface area contributed by atoms with Gasteiger partial charge in [-0.3, -0.25) is 4.98 Å². The fourth-order valence-electron chi connectivity index (χ4n) is 2.74. The molecule has 0 aliphatic carbocycles. The van der Waals surface area contributed by atoms with Crippen LogP contribution in [0.1, 0.15) is 57.5 Å². The van der Waals surface area contributed by atoms with E-state index in [9.17, 15) is 5.26 Å². The van der Waals surface area contributed by atoms with E-state index in [2.05, 4.69) is 49.7 Å². The Morgan fingerprint density at radius 1 is 1.25 bits per heavy atom. The summed E-state index contributed by atoms with van der Waals surface area (Å²) >= 11 is 0. The van der Waals surface area contributed by atoms with E-state index in [1.54, 1.807) is 0 Å². The summed E-state index contributed by atoms with van der Waals surface area (Å²) in [6.07, 6.45) is 2.18. The highest BCUT2D eigenvalue weighted by Gasteiger charge is 2.21. The van der Waals surface area contributed by atoms with Crippen LogP contribution in [-0.4, -0.2) is 17.6 Å². The molecule has 0 atom stereocenters. The quantitative estimate of drug-likeness (QED) is 0.779. The summed E-state index contributed by atoms with van der Waals surface area (Å²) in [7, 11) is 0. The number of pyridine rings is 1. The molecule has 0 N–H and O–H groups in total. The minimum absolute atomic E-state index is 0.477. The second-order valence-electron chi connectivity index (χ2n) is 5.87. The van der Waals surface area contributed by atoms with Crippen LogP contribution in [0.15, 0.2) is 6.07 Å². The topological polar surface area (TPSA) is 39.9 Å². The van der Waals surface area contributed by atoms with Gasteiger partial charge in [0.05, 0.1) is 16.9 Å². The van der Waals surface area contributed by atoms with Crippen molar-refractivity contribution in [2.75, 3.05) is 11.4 Å². The van der Waals surface area contributed by atoms with Crippen molar-refractivity contribution in [1.29, 1.82) is 5.26 Å². The van der Waals surface area contributed by atoms with E-state index in [-0.39, 0.29) is 0 Å². The lowest BCUT2D eigenvalue weighted by Crippen LogP contribution is -2.38. The summed E-state index contributed by atoms with van der Waals surface area (Å²) < 4.78 is 0. The van der Waals surface area contributed by atoms with E-state index in [0.29, 0.717) is 12.0 Å². The Kier molecular flexibility index (Phi) is 6.01. The Morgan fingerprint density at radius 3 is 2.30 bits per heavy atom. The average Bonchev–Trinajstić information content (AvgIpc) is 2.37. The third-order valence-corrected chi connectivity index (χ3v) is 3.67. The Labute approximate surface area is 123 Å². The first kappa shape index (κ1) is 16.5. The van der Waals surface area contributed by atoms with Crippen LogP contribution in [0.3, 0.4) is 0 Å². The molecule has 0 amide bonds. The molecule has 0 saturated carbocycles. The summed E-state index contributed by atoms with van der Waals surface area (Å²) in [5.74, 6) is 0.566. The molecule has 0 bridgehead atoms. The van der Waals surface area contributed by atoms with E-state index >= 15 is 0 Å². The molecule has 0 spiro atoms. The molecule has 0 unspecified atom stereocenters. The Bertz CT molecular complexity index is 482. The van der Waals surface area contributed by atoms with Crippen LogP contribution in [0.2, 0.25) is 0 Å². The van der Waals surface area contributed by atoms with Crippen LogP contribution >= 0.6 is 0 Å². The fourth-order valence-corrected chi connectivity index (χ4v) is 2.74. The molecule has 3 nitrogen and oxygen atoms in total. The first-order valence-corrected chi connectivity index (χ1v) is 7.59. The lowest BCUT2D eigenvalue weighted by Gasteiger charge is -2.35. The number of nitrogens with zero attached hydrogens (tertiary/aromatic N) is 3. The smallest absolute Gasteiger partial charge is 0.103 e. The molecule has 0 aromatic carbocycles. The van der Waals surface area contributed by atoms with Gasteiger partial charge in [0.1, 0.15) is 6.07 Å². The summed E-state index contributed by atoms with van der Waals surface area (Å²) in [6, 6.07) is 4.88. The molecule has 0 radical (unpaired) electrons. The minimum Gasteiger partial charge on any atom is -0.367 e. The molecule has 3 heteroatoms. The van der Waals surface area contributed by atoms with Crippen LogP contribution < -0.4 is 4.90 Å². The van der Waals surface area contributed by atoms with E-state index in [4.69, 9.17) is 0 Å². The van der Waals surface area contributed by atoms with Gasteiger partial charge in [-0.15, -0.1) is 0 Å². The highest BCUT2D eigenvalue weighted by Crippen LogP contribution is 2.28. The SMILES string of the molecule is CCC(CC)N(CC(C)C)c1cc(C)nc(C)c1C#N. The number of anilines is 1. The van der Waals surface area contributed by atoms with Gasteiger partial charge >= 0.3 is 0 Å². The Balaban J connectivity index is 3.36. The van der Waals surface area contributed by atoms with Gasteiger partial charge in [0.25, 0.3) is 0 Å². The summed E-state index contributed by atoms with van der Waals surface area (Å²) in [5.41, 5.74) is 3.60. The maximum atomic E-state index is 9.48. The molecular weight excluding hydrogens is 246 g/mol. The van der Waals surface area contributed by atoms with Gasteiger partial charge < -0.3 is 4.90 Å². The highest BCUT2D eigenvalue weighted by molar-refractivity contribution is 5.62. The second kappa shape index (κ2) is 7.28. The molecule has 1 aromatic heterocycles. The van der Waals surface area contributed by atoms with E-state index in [1.807, 2.05) is 13.8 Å². The molecule has 0 aliphatic rings. The van der Waals surface area contributed by atoms with E-state index < -0.39 is 0 Å². The van der Waals surface area contributed by atoms with Crippen LogP contribution in [0.25, 0.3) is 0 Å². The Hall–Kier alpha value is -1.56. The Morgan fingerprint density at radius 2 is 1.85 bits per heavy atom. The third-order valence-electron chi connectivity index (χ3n) is 3.67. The van der Waals surface area contributed by atoms with Crippen molar-refractivity contribution in [2.24, 2.45) is 5.92 Å². The minimum atomic E-state index is 0.477. The molecule has 110 valence electrons. The van der Waals surface area contributed by atoms with Crippen LogP contribution in [0, 0.1) is 31.1 Å². The maximum Gasteiger partial charge on any atom is 0.103 e. The predicted molar refractivity (Wildman–Crippen MR) is 85.0 cm³/mol. The van der Waals surface area contributed by atoms with Gasteiger partial charge in [0.2, 0.25) is 0 Å². The van der Waals surface area contributed by atoms with Crippen LogP contribution in [-0.2, 0) is 0 Å². The maximum absolute atomic E-state index is 9.48. The largest absolute Gasteiger partial charge is 0.367 e. The van der Waals surface area contributed by atoms with Crippen molar-refractivity contribution < 1.29 is 0 Å². The summed E-state index contributed by atoms with van der Waals surface area (Å²) in [5, 5.41) is 9.48. The number of aryl methyl sites for hydroxylation is 2. The predicted octanol–water partition coefficient (Wildman–Crippen LogP) is 4.22. The van der Waals surface area contributed by atoms with Crippen molar-refractivity contribution in [2.45, 2.75) is 60.4 Å². The van der Waals surface area contributed by atoms with Crippen molar-refractivity contribution in [3.63, 3.8) is 0 Å². The lowest BCUT2D eigenvalue weighted by molar-refractivity contribution is 0.507. The van der Waals surface area contributed by atoms with Crippen molar-refractivity contribution in [3.8, 4) is 6.07 Å². The zero-order chi connectivity index (χ0) is 15.3. The zero-order valence-corrected chi connectivity index (χ0v) is 13.7. The summed E-state index contributed by atoms with van der Waals surface area (Å²) in [6.45, 7) is 13.8. The van der Waals surface area contributed by atoms with Gasteiger partial charge in [0, 0.05) is 18.3 Å². The molecule has 20 heavy (non-hydrogen) atoms. The molecule has 1 heterocycles. The number of hydrogen-bond donors (Lipinski definition) is 0. The number of rotatable bonds is 6. The third kappa shape index (κ3) is 3.72. The first-order chi connectivity index (χ1) is 9.44. The van der Waals surface area contributed by atoms with Crippen molar-refractivity contribution in [1.82, 2.24) is 4.98 Å². The van der Waals surface area contributed by atoms with Gasteiger partial charge in [0.15, 0.2) is 0 Å². The van der Waals surface area contributed by atoms with E-state index in [0.717, 1.165) is 42.0 Å². The normalized spacial score (nSPS) is 10.9. The van der Waals surface area contributed by atoms with Crippen LogP contribution in [0.5, 0.6) is 0 Å². The monoisotopic (exact) mass is 273 g/mol. The highest BCUT2D eigenvalue weighted by atomic mass is 15.2. The molecular formula is C17H27N3.